The summed E-state index contributed by atoms with van der Waals surface area (Å²) in [5, 5.41) is 21.2. The van der Waals surface area contributed by atoms with E-state index in [1.54, 1.807) is 18.2 Å². The molecule has 0 fully saturated rings. The first kappa shape index (κ1) is 10.7. The molecule has 2 N–H and O–H groups in total. The first-order valence-corrected chi connectivity index (χ1v) is 4.02. The second-order valence-corrected chi connectivity index (χ2v) is 2.72. The van der Waals surface area contributed by atoms with E-state index in [-0.39, 0.29) is 11.2 Å². The van der Waals surface area contributed by atoms with Crippen LogP contribution in [0.15, 0.2) is 40.6 Å². The molecule has 0 amide bonds. The molecule has 0 saturated heterocycles. The van der Waals surface area contributed by atoms with Crippen LogP contribution in [0.3, 0.4) is 0 Å². The Labute approximate surface area is 81.5 Å². The number of rotatable bonds is 3. The Morgan fingerprint density at radius 1 is 1.57 bits per heavy atom. The highest BCUT2D eigenvalue weighted by atomic mass is 16.5. The fourth-order valence-electron chi connectivity index (χ4n) is 1.13. The third-order valence-corrected chi connectivity index (χ3v) is 1.87. The molecular formula is C8H10BNO4. The number of nitrogens with zero attached hydrogens (tertiary/aromatic N) is 1. The molecule has 1 rings (SSSR count). The third-order valence-electron chi connectivity index (χ3n) is 1.87. The normalized spacial score (nSPS) is 20.9. The molecule has 0 aromatic rings. The minimum Gasteiger partial charge on any atom is -0.510 e. The summed E-state index contributed by atoms with van der Waals surface area (Å²) >= 11 is 0. The maximum absolute atomic E-state index is 10.1. The summed E-state index contributed by atoms with van der Waals surface area (Å²) < 4.78 is 4.92. The van der Waals surface area contributed by atoms with Crippen molar-refractivity contribution in [1.82, 2.24) is 0 Å². The maximum Gasteiger partial charge on any atom is 0.521 e. The van der Waals surface area contributed by atoms with Gasteiger partial charge in [0.25, 0.3) is 0 Å². The Balaban J connectivity index is 3.05. The zero-order chi connectivity index (χ0) is 10.6. The van der Waals surface area contributed by atoms with Crippen LogP contribution in [0.2, 0.25) is 0 Å². The summed E-state index contributed by atoms with van der Waals surface area (Å²) in [5.41, 5.74) is 0.0526. The maximum atomic E-state index is 10.1. The molecular weight excluding hydrogens is 185 g/mol. The van der Waals surface area contributed by atoms with Gasteiger partial charge in [-0.3, -0.25) is 0 Å². The highest BCUT2D eigenvalue weighted by Crippen LogP contribution is 2.17. The number of aliphatic hydroxyl groups is 1. The molecule has 5 nitrogen and oxygen atoms in total. The van der Waals surface area contributed by atoms with Gasteiger partial charge in [-0.15, -0.1) is 0 Å². The molecule has 0 saturated carbocycles. The molecule has 1 atom stereocenters. The lowest BCUT2D eigenvalue weighted by atomic mass is 9.73. The predicted octanol–water partition coefficient (Wildman–Crippen LogP) is 0.726. The Morgan fingerprint density at radius 3 is 2.86 bits per heavy atom. The molecule has 0 bridgehead atoms. The van der Waals surface area contributed by atoms with Crippen LogP contribution in [-0.2, 0) is 4.74 Å². The van der Waals surface area contributed by atoms with Crippen LogP contribution in [0.5, 0.6) is 0 Å². The van der Waals surface area contributed by atoms with Crippen molar-refractivity contribution in [3.05, 3.63) is 40.4 Å². The molecule has 14 heavy (non-hydrogen) atoms. The van der Waals surface area contributed by atoms with Crippen molar-refractivity contribution >= 4 is 7.05 Å². The van der Waals surface area contributed by atoms with Gasteiger partial charge in [0.05, 0.1) is 0 Å². The van der Waals surface area contributed by atoms with Gasteiger partial charge in [0.1, 0.15) is 11.9 Å². The van der Waals surface area contributed by atoms with Crippen molar-refractivity contribution in [1.29, 1.82) is 0 Å². The van der Waals surface area contributed by atoms with E-state index in [1.165, 1.54) is 13.2 Å². The third kappa shape index (κ3) is 2.10. The quantitative estimate of drug-likeness (QED) is 0.513. The van der Waals surface area contributed by atoms with Gasteiger partial charge in [0, 0.05) is 12.6 Å². The van der Waals surface area contributed by atoms with Gasteiger partial charge >= 0.3 is 7.05 Å². The number of nitroso groups, excluding NO2 is 1. The average molecular weight is 195 g/mol. The summed E-state index contributed by atoms with van der Waals surface area (Å²) in [6.45, 7) is 0. The van der Waals surface area contributed by atoms with Crippen LogP contribution < -0.4 is 0 Å². The largest absolute Gasteiger partial charge is 0.521 e. The van der Waals surface area contributed by atoms with Crippen LogP contribution in [0, 0.1) is 4.91 Å². The van der Waals surface area contributed by atoms with Crippen LogP contribution in [0.1, 0.15) is 0 Å². The molecule has 0 spiro atoms. The molecule has 0 aliphatic heterocycles. The van der Waals surface area contributed by atoms with E-state index in [1.807, 2.05) is 0 Å². The zero-order valence-electron chi connectivity index (χ0n) is 7.62. The van der Waals surface area contributed by atoms with Crippen LogP contribution in [-0.4, -0.2) is 30.4 Å². The van der Waals surface area contributed by atoms with E-state index >= 15 is 0 Å². The van der Waals surface area contributed by atoms with Crippen LogP contribution >= 0.6 is 0 Å². The van der Waals surface area contributed by atoms with Crippen LogP contribution in [0.25, 0.3) is 0 Å². The number of hydrogen-bond acceptors (Lipinski definition) is 5. The van der Waals surface area contributed by atoms with Crippen LogP contribution in [0.4, 0.5) is 0 Å². The van der Waals surface area contributed by atoms with Gasteiger partial charge in [-0.25, -0.2) is 0 Å². The number of allylic oxidation sites excluding steroid dienone is 4. The lowest BCUT2D eigenvalue weighted by molar-refractivity contribution is 0.127. The number of hydrogen-bond donors (Lipinski definition) is 2. The summed E-state index contributed by atoms with van der Waals surface area (Å²) in [6.07, 6.45) is 5.58. The van der Waals surface area contributed by atoms with Gasteiger partial charge in [0.2, 0.25) is 0 Å². The van der Waals surface area contributed by atoms with E-state index in [0.717, 1.165) is 0 Å². The van der Waals surface area contributed by atoms with Crippen molar-refractivity contribution in [2.45, 2.75) is 6.10 Å². The van der Waals surface area contributed by atoms with Gasteiger partial charge < -0.3 is 14.9 Å². The molecule has 6 heteroatoms. The molecule has 0 radical (unpaired) electrons. The molecule has 0 aromatic heterocycles. The van der Waals surface area contributed by atoms with Crippen molar-refractivity contribution < 1.29 is 14.9 Å². The second-order valence-electron chi connectivity index (χ2n) is 2.72. The Hall–Kier alpha value is -1.40. The minimum atomic E-state index is -1.57. The van der Waals surface area contributed by atoms with E-state index in [0.29, 0.717) is 0 Å². The monoisotopic (exact) mass is 195 g/mol. The predicted molar refractivity (Wildman–Crippen MR) is 52.5 cm³/mol. The first-order chi connectivity index (χ1) is 6.70. The van der Waals surface area contributed by atoms with Crippen molar-refractivity contribution in [2.75, 3.05) is 7.11 Å². The summed E-state index contributed by atoms with van der Waals surface area (Å²) in [5.74, 6) is -0.204. The van der Waals surface area contributed by atoms with Gasteiger partial charge in [0.15, 0.2) is 0 Å². The minimum absolute atomic E-state index is 0.0526. The highest BCUT2D eigenvalue weighted by Gasteiger charge is 2.25. The SMILES string of the molecule is COC1C=CC=CC(B(O)N=O)=C1O. The Bertz CT molecular complexity index is 310. The van der Waals surface area contributed by atoms with Crippen molar-refractivity contribution in [3.63, 3.8) is 0 Å². The van der Waals surface area contributed by atoms with Gasteiger partial charge in [-0.1, -0.05) is 23.3 Å². The number of ether oxygens (including phenoxy) is 1. The Kier molecular flexibility index (Phi) is 3.61. The van der Waals surface area contributed by atoms with Crippen molar-refractivity contribution in [2.24, 2.45) is 5.09 Å². The second kappa shape index (κ2) is 4.73. The fourth-order valence-corrected chi connectivity index (χ4v) is 1.13. The number of methoxy groups -OCH3 is 1. The molecule has 1 aliphatic rings. The molecule has 0 heterocycles. The van der Waals surface area contributed by atoms with Gasteiger partial charge in [-0.05, 0) is 6.08 Å². The zero-order valence-corrected chi connectivity index (χ0v) is 7.62. The van der Waals surface area contributed by atoms with Gasteiger partial charge in [-0.2, -0.15) is 4.91 Å². The topological polar surface area (TPSA) is 79.1 Å². The molecule has 1 aliphatic carbocycles. The first-order valence-electron chi connectivity index (χ1n) is 4.02. The average Bonchev–Trinajstić information content (AvgIpc) is 2.39. The summed E-state index contributed by atoms with van der Waals surface area (Å²) in [7, 11) is -0.154. The van der Waals surface area contributed by atoms with E-state index < -0.39 is 13.2 Å². The summed E-state index contributed by atoms with van der Waals surface area (Å²) in [6, 6.07) is 0. The summed E-state index contributed by atoms with van der Waals surface area (Å²) in [4.78, 5) is 10.1. The van der Waals surface area contributed by atoms with E-state index in [9.17, 15) is 10.0 Å². The van der Waals surface area contributed by atoms with E-state index in [2.05, 4.69) is 5.09 Å². The number of aliphatic hydroxyl groups excluding tert-OH is 1. The smallest absolute Gasteiger partial charge is 0.510 e. The lowest BCUT2D eigenvalue weighted by Gasteiger charge is -2.11. The lowest BCUT2D eigenvalue weighted by Crippen LogP contribution is -2.19. The fraction of sp³-hybridized carbons (Fsp3) is 0.250. The Morgan fingerprint density at radius 2 is 2.29 bits per heavy atom. The molecule has 0 aromatic carbocycles. The van der Waals surface area contributed by atoms with Crippen molar-refractivity contribution in [3.8, 4) is 0 Å². The highest BCUT2D eigenvalue weighted by molar-refractivity contribution is 6.58. The van der Waals surface area contributed by atoms with E-state index in [4.69, 9.17) is 9.76 Å². The standard InChI is InChI=1S/C8H10BNO4/c1-14-7-5-3-2-4-6(8(7)11)9(12)10-13/h2-5,7,11-12H,1H3. The molecule has 1 unspecified atom stereocenters. The molecule has 74 valence electrons.